The summed E-state index contributed by atoms with van der Waals surface area (Å²) in [5, 5.41) is 7.64. The average Bonchev–Trinajstić information content (AvgIpc) is 2.75. The first-order valence-electron chi connectivity index (χ1n) is 6.56. The van der Waals surface area contributed by atoms with Crippen LogP contribution in [0.5, 0.6) is 0 Å². The van der Waals surface area contributed by atoms with Crippen molar-refractivity contribution in [3.05, 3.63) is 50.9 Å². The molecule has 0 radical (unpaired) electrons. The second-order valence-electron chi connectivity index (χ2n) is 4.68. The Morgan fingerprint density at radius 2 is 2.21 bits per heavy atom. The quantitative estimate of drug-likeness (QED) is 0.875. The maximum Gasteiger partial charge on any atom is 0.0943 e. The van der Waals surface area contributed by atoms with E-state index >= 15 is 0 Å². The van der Waals surface area contributed by atoms with Crippen molar-refractivity contribution in [3.8, 4) is 0 Å². The van der Waals surface area contributed by atoms with Gasteiger partial charge in [-0.15, -0.1) is 11.3 Å². The van der Waals surface area contributed by atoms with Gasteiger partial charge in [-0.3, -0.25) is 0 Å². The number of aryl methyl sites for hydroxylation is 1. The van der Waals surface area contributed by atoms with Crippen LogP contribution in [0.15, 0.2) is 29.6 Å². The van der Waals surface area contributed by atoms with Gasteiger partial charge in [0.1, 0.15) is 0 Å². The van der Waals surface area contributed by atoms with Crippen molar-refractivity contribution in [3.63, 3.8) is 0 Å². The summed E-state index contributed by atoms with van der Waals surface area (Å²) < 4.78 is 0. The Morgan fingerprint density at radius 1 is 1.37 bits per heavy atom. The SMILES string of the molecule is CCNC(Cc1cccc(Cl)c1)Cc1nc(C)cs1. The van der Waals surface area contributed by atoms with E-state index in [1.807, 2.05) is 25.1 Å². The van der Waals surface area contributed by atoms with Gasteiger partial charge in [0.05, 0.1) is 5.01 Å². The molecule has 0 aliphatic heterocycles. The molecular weight excluding hydrogens is 276 g/mol. The van der Waals surface area contributed by atoms with Crippen molar-refractivity contribution in [1.29, 1.82) is 0 Å². The number of halogens is 1. The van der Waals surface area contributed by atoms with Crippen molar-refractivity contribution in [2.24, 2.45) is 0 Å². The van der Waals surface area contributed by atoms with E-state index < -0.39 is 0 Å². The molecule has 0 saturated heterocycles. The third-order valence-electron chi connectivity index (χ3n) is 2.95. The summed E-state index contributed by atoms with van der Waals surface area (Å²) in [6.07, 6.45) is 1.95. The molecule has 1 N–H and O–H groups in total. The van der Waals surface area contributed by atoms with E-state index in [9.17, 15) is 0 Å². The predicted octanol–water partition coefficient (Wildman–Crippen LogP) is 3.87. The molecule has 0 bridgehead atoms. The van der Waals surface area contributed by atoms with Gasteiger partial charge in [0.25, 0.3) is 0 Å². The fourth-order valence-electron chi connectivity index (χ4n) is 2.16. The van der Waals surface area contributed by atoms with Crippen molar-refractivity contribution in [2.75, 3.05) is 6.54 Å². The first-order valence-corrected chi connectivity index (χ1v) is 7.82. The zero-order chi connectivity index (χ0) is 13.7. The molecule has 0 amide bonds. The highest BCUT2D eigenvalue weighted by Gasteiger charge is 2.12. The van der Waals surface area contributed by atoms with Crippen LogP contribution in [0.1, 0.15) is 23.2 Å². The van der Waals surface area contributed by atoms with Crippen molar-refractivity contribution in [1.82, 2.24) is 10.3 Å². The molecule has 19 heavy (non-hydrogen) atoms. The minimum atomic E-state index is 0.411. The molecule has 1 unspecified atom stereocenters. The van der Waals surface area contributed by atoms with Gasteiger partial charge >= 0.3 is 0 Å². The summed E-state index contributed by atoms with van der Waals surface area (Å²) in [7, 11) is 0. The molecule has 1 aromatic carbocycles. The Balaban J connectivity index is 2.03. The first-order chi connectivity index (χ1) is 9.17. The monoisotopic (exact) mass is 294 g/mol. The van der Waals surface area contributed by atoms with Crippen LogP contribution in [0.2, 0.25) is 5.02 Å². The smallest absolute Gasteiger partial charge is 0.0943 e. The Morgan fingerprint density at radius 3 is 2.84 bits per heavy atom. The average molecular weight is 295 g/mol. The van der Waals surface area contributed by atoms with Crippen molar-refractivity contribution in [2.45, 2.75) is 32.7 Å². The fourth-order valence-corrected chi connectivity index (χ4v) is 3.23. The van der Waals surface area contributed by atoms with Crippen LogP contribution in [0.4, 0.5) is 0 Å². The van der Waals surface area contributed by atoms with Crippen LogP contribution >= 0.6 is 22.9 Å². The summed E-state index contributed by atoms with van der Waals surface area (Å²) in [6.45, 7) is 5.15. The Bertz CT molecular complexity index is 524. The Labute approximate surface area is 123 Å². The lowest BCUT2D eigenvalue weighted by Crippen LogP contribution is -2.33. The van der Waals surface area contributed by atoms with Crippen LogP contribution in [0, 0.1) is 6.92 Å². The molecule has 2 rings (SSSR count). The highest BCUT2D eigenvalue weighted by Crippen LogP contribution is 2.16. The van der Waals surface area contributed by atoms with Crippen LogP contribution in [-0.2, 0) is 12.8 Å². The predicted molar refractivity (Wildman–Crippen MR) is 83.2 cm³/mol. The van der Waals surface area contributed by atoms with E-state index in [4.69, 9.17) is 11.6 Å². The van der Waals surface area contributed by atoms with Crippen molar-refractivity contribution >= 4 is 22.9 Å². The third kappa shape index (κ3) is 4.60. The normalized spacial score (nSPS) is 12.6. The minimum absolute atomic E-state index is 0.411. The molecule has 102 valence electrons. The maximum absolute atomic E-state index is 6.04. The Kier molecular flexibility index (Phi) is 5.37. The molecule has 0 fully saturated rings. The summed E-state index contributed by atoms with van der Waals surface area (Å²) in [4.78, 5) is 4.54. The lowest BCUT2D eigenvalue weighted by molar-refractivity contribution is 0.520. The standard InChI is InChI=1S/C15H19ClN2S/c1-3-17-14(9-15-18-11(2)10-19-15)8-12-5-4-6-13(16)7-12/h4-7,10,14,17H,3,8-9H2,1-2H3. The zero-order valence-electron chi connectivity index (χ0n) is 11.3. The zero-order valence-corrected chi connectivity index (χ0v) is 12.9. The van der Waals surface area contributed by atoms with Crippen LogP contribution < -0.4 is 5.32 Å². The van der Waals surface area contributed by atoms with Crippen molar-refractivity contribution < 1.29 is 0 Å². The number of hydrogen-bond donors (Lipinski definition) is 1. The molecule has 0 spiro atoms. The highest BCUT2D eigenvalue weighted by molar-refractivity contribution is 7.09. The van der Waals surface area contributed by atoms with E-state index in [1.54, 1.807) is 11.3 Å². The number of aromatic nitrogens is 1. The molecule has 0 aliphatic rings. The van der Waals surface area contributed by atoms with Gasteiger partial charge in [-0.05, 0) is 37.6 Å². The number of nitrogens with zero attached hydrogens (tertiary/aromatic N) is 1. The number of nitrogens with one attached hydrogen (secondary N) is 1. The van der Waals surface area contributed by atoms with Crippen LogP contribution in [0.25, 0.3) is 0 Å². The molecule has 2 aromatic rings. The van der Waals surface area contributed by atoms with Gasteiger partial charge in [0.2, 0.25) is 0 Å². The van der Waals surface area contributed by atoms with Gasteiger partial charge in [-0.2, -0.15) is 0 Å². The Hall–Kier alpha value is -0.900. The highest BCUT2D eigenvalue weighted by atomic mass is 35.5. The second kappa shape index (κ2) is 7.04. The summed E-state index contributed by atoms with van der Waals surface area (Å²) in [6, 6.07) is 8.50. The van der Waals surface area contributed by atoms with Gasteiger partial charge in [0.15, 0.2) is 0 Å². The fraction of sp³-hybridized carbons (Fsp3) is 0.400. The largest absolute Gasteiger partial charge is 0.314 e. The molecule has 0 saturated carbocycles. The van der Waals surface area contributed by atoms with Gasteiger partial charge < -0.3 is 5.32 Å². The number of likely N-dealkylation sites (N-methyl/N-ethyl adjacent to an activating group) is 1. The molecule has 1 atom stereocenters. The lowest BCUT2D eigenvalue weighted by Gasteiger charge is -2.17. The van der Waals surface area contributed by atoms with Gasteiger partial charge in [-0.25, -0.2) is 4.98 Å². The van der Waals surface area contributed by atoms with E-state index in [0.29, 0.717) is 6.04 Å². The first kappa shape index (κ1) is 14.5. The van der Waals surface area contributed by atoms with Crippen LogP contribution in [0.3, 0.4) is 0 Å². The maximum atomic E-state index is 6.04. The van der Waals surface area contributed by atoms with E-state index in [1.165, 1.54) is 10.6 Å². The van der Waals surface area contributed by atoms with Gasteiger partial charge in [0, 0.05) is 28.6 Å². The number of thiazole rings is 1. The molecular formula is C15H19ClN2S. The molecule has 0 aliphatic carbocycles. The topological polar surface area (TPSA) is 24.9 Å². The third-order valence-corrected chi connectivity index (χ3v) is 4.18. The van der Waals surface area contributed by atoms with Gasteiger partial charge in [-0.1, -0.05) is 30.7 Å². The van der Waals surface area contributed by atoms with E-state index in [0.717, 1.165) is 30.1 Å². The summed E-state index contributed by atoms with van der Waals surface area (Å²) in [5.41, 5.74) is 2.38. The van der Waals surface area contributed by atoms with E-state index in [2.05, 4.69) is 28.7 Å². The minimum Gasteiger partial charge on any atom is -0.314 e. The molecule has 2 nitrogen and oxygen atoms in total. The molecule has 1 aromatic heterocycles. The molecule has 4 heteroatoms. The molecule has 1 heterocycles. The summed E-state index contributed by atoms with van der Waals surface area (Å²) >= 11 is 7.78. The number of rotatable bonds is 6. The van der Waals surface area contributed by atoms with E-state index in [-0.39, 0.29) is 0 Å². The second-order valence-corrected chi connectivity index (χ2v) is 6.05. The lowest BCUT2D eigenvalue weighted by atomic mass is 10.0. The summed E-state index contributed by atoms with van der Waals surface area (Å²) in [5.74, 6) is 0. The number of benzene rings is 1. The van der Waals surface area contributed by atoms with Crippen LogP contribution in [-0.4, -0.2) is 17.6 Å². The number of hydrogen-bond acceptors (Lipinski definition) is 3.